The maximum Gasteiger partial charge on any atom is 0.310 e. The summed E-state index contributed by atoms with van der Waals surface area (Å²) in [6, 6.07) is 0. The molecule has 1 atom stereocenters. The summed E-state index contributed by atoms with van der Waals surface area (Å²) < 4.78 is 5.08. The average Bonchev–Trinajstić information content (AvgIpc) is 2.90. The van der Waals surface area contributed by atoms with E-state index < -0.39 is 0 Å². The molecule has 2 amide bonds. The van der Waals surface area contributed by atoms with Gasteiger partial charge in [-0.15, -0.1) is 0 Å². The molecule has 0 radical (unpaired) electrons. The second kappa shape index (κ2) is 9.78. The van der Waals surface area contributed by atoms with Crippen LogP contribution in [0, 0.1) is 11.8 Å². The number of rotatable bonds is 5. The molecule has 2 rings (SSSR count). The van der Waals surface area contributed by atoms with Crippen LogP contribution in [0.1, 0.15) is 58.3 Å². The SMILES string of the molecule is CCOC(=O)C1CCCN(C(=O)CN(C)C(=O)C2CCCCCC2)C1. The minimum Gasteiger partial charge on any atom is -0.466 e. The quantitative estimate of drug-likeness (QED) is 0.562. The van der Waals surface area contributed by atoms with Gasteiger partial charge in [-0.1, -0.05) is 25.7 Å². The van der Waals surface area contributed by atoms with Gasteiger partial charge in [0.25, 0.3) is 0 Å². The first-order valence-corrected chi connectivity index (χ1v) is 9.72. The Hall–Kier alpha value is -1.59. The van der Waals surface area contributed by atoms with Crippen LogP contribution in [0.3, 0.4) is 0 Å². The normalized spacial score (nSPS) is 22.2. The number of ether oxygens (including phenoxy) is 1. The molecule has 0 bridgehead atoms. The van der Waals surface area contributed by atoms with Crippen molar-refractivity contribution in [2.24, 2.45) is 11.8 Å². The van der Waals surface area contributed by atoms with Crippen LogP contribution in [0.5, 0.6) is 0 Å². The maximum atomic E-state index is 12.6. The molecular weight excluding hydrogens is 320 g/mol. The monoisotopic (exact) mass is 352 g/mol. The van der Waals surface area contributed by atoms with Gasteiger partial charge in [-0.25, -0.2) is 0 Å². The third kappa shape index (κ3) is 5.72. The largest absolute Gasteiger partial charge is 0.466 e. The molecule has 1 unspecified atom stereocenters. The van der Waals surface area contributed by atoms with Crippen LogP contribution in [-0.4, -0.2) is 60.9 Å². The van der Waals surface area contributed by atoms with Crippen LogP contribution in [0.4, 0.5) is 0 Å². The summed E-state index contributed by atoms with van der Waals surface area (Å²) in [7, 11) is 1.72. The molecule has 2 aliphatic rings. The molecule has 1 saturated heterocycles. The number of likely N-dealkylation sites (tertiary alicyclic amines) is 1. The standard InChI is InChI=1S/C19H32N2O4/c1-3-25-19(24)16-11-8-12-21(13-16)17(22)14-20(2)18(23)15-9-6-4-5-7-10-15/h15-16H,3-14H2,1-2H3. The fourth-order valence-electron chi connectivity index (χ4n) is 3.87. The zero-order valence-corrected chi connectivity index (χ0v) is 15.7. The summed E-state index contributed by atoms with van der Waals surface area (Å²) in [6.07, 6.45) is 8.05. The van der Waals surface area contributed by atoms with Crippen LogP contribution < -0.4 is 0 Å². The van der Waals surface area contributed by atoms with Gasteiger partial charge in [0.15, 0.2) is 0 Å². The molecule has 25 heavy (non-hydrogen) atoms. The van der Waals surface area contributed by atoms with E-state index in [1.807, 2.05) is 0 Å². The van der Waals surface area contributed by atoms with Crippen molar-refractivity contribution in [3.8, 4) is 0 Å². The first-order chi connectivity index (χ1) is 12.0. The number of hydrogen-bond acceptors (Lipinski definition) is 4. The summed E-state index contributed by atoms with van der Waals surface area (Å²) in [4.78, 5) is 40.4. The second-order valence-corrected chi connectivity index (χ2v) is 7.31. The highest BCUT2D eigenvalue weighted by Crippen LogP contribution is 2.24. The van der Waals surface area contributed by atoms with Crippen molar-refractivity contribution in [1.29, 1.82) is 0 Å². The number of amides is 2. The number of carbonyl (C=O) groups is 3. The lowest BCUT2D eigenvalue weighted by atomic mass is 9.97. The highest BCUT2D eigenvalue weighted by Gasteiger charge is 2.31. The Morgan fingerprint density at radius 1 is 1.00 bits per heavy atom. The molecule has 0 aromatic carbocycles. The van der Waals surface area contributed by atoms with Crippen molar-refractivity contribution >= 4 is 17.8 Å². The smallest absolute Gasteiger partial charge is 0.310 e. The molecule has 1 aliphatic carbocycles. The van der Waals surface area contributed by atoms with Gasteiger partial charge >= 0.3 is 5.97 Å². The number of nitrogens with zero attached hydrogens (tertiary/aromatic N) is 2. The summed E-state index contributed by atoms with van der Waals surface area (Å²) in [5, 5.41) is 0. The number of hydrogen-bond donors (Lipinski definition) is 0. The molecule has 0 spiro atoms. The molecule has 6 nitrogen and oxygen atoms in total. The van der Waals surface area contributed by atoms with Gasteiger partial charge in [0, 0.05) is 26.1 Å². The molecule has 6 heteroatoms. The zero-order valence-electron chi connectivity index (χ0n) is 15.7. The van der Waals surface area contributed by atoms with Gasteiger partial charge in [-0.05, 0) is 32.6 Å². The van der Waals surface area contributed by atoms with E-state index >= 15 is 0 Å². The molecule has 1 aliphatic heterocycles. The minimum absolute atomic E-state index is 0.0638. The third-order valence-corrected chi connectivity index (χ3v) is 5.35. The Morgan fingerprint density at radius 3 is 2.28 bits per heavy atom. The molecule has 2 fully saturated rings. The van der Waals surface area contributed by atoms with Crippen molar-refractivity contribution < 1.29 is 19.1 Å². The van der Waals surface area contributed by atoms with E-state index in [1.54, 1.807) is 23.8 Å². The zero-order chi connectivity index (χ0) is 18.2. The lowest BCUT2D eigenvalue weighted by Gasteiger charge is -2.33. The van der Waals surface area contributed by atoms with E-state index in [-0.39, 0.29) is 36.2 Å². The Labute approximate surface area is 150 Å². The van der Waals surface area contributed by atoms with Crippen molar-refractivity contribution in [3.63, 3.8) is 0 Å². The lowest BCUT2D eigenvalue weighted by Crippen LogP contribution is -2.47. The Balaban J connectivity index is 1.85. The van der Waals surface area contributed by atoms with Gasteiger partial charge in [0.2, 0.25) is 11.8 Å². The van der Waals surface area contributed by atoms with Gasteiger partial charge in [0.05, 0.1) is 19.1 Å². The molecule has 142 valence electrons. The predicted octanol–water partition coefficient (Wildman–Crippen LogP) is 2.22. The summed E-state index contributed by atoms with van der Waals surface area (Å²) in [6.45, 7) is 3.31. The summed E-state index contributed by atoms with van der Waals surface area (Å²) in [5.41, 5.74) is 0. The summed E-state index contributed by atoms with van der Waals surface area (Å²) in [5.74, 6) is -0.370. The number of esters is 1. The van der Waals surface area contributed by atoms with E-state index in [1.165, 1.54) is 12.8 Å². The highest BCUT2D eigenvalue weighted by atomic mass is 16.5. The molecule has 0 aromatic rings. The van der Waals surface area contributed by atoms with E-state index in [2.05, 4.69) is 0 Å². The molecule has 0 aromatic heterocycles. The number of carbonyl (C=O) groups excluding carboxylic acids is 3. The molecule has 1 saturated carbocycles. The Bertz CT molecular complexity index is 472. The van der Waals surface area contributed by atoms with Crippen LogP contribution in [-0.2, 0) is 19.1 Å². The van der Waals surface area contributed by atoms with E-state index in [9.17, 15) is 14.4 Å². The van der Waals surface area contributed by atoms with Crippen LogP contribution in [0.15, 0.2) is 0 Å². The van der Waals surface area contributed by atoms with Crippen LogP contribution >= 0.6 is 0 Å². The molecular formula is C19H32N2O4. The topological polar surface area (TPSA) is 66.9 Å². The fraction of sp³-hybridized carbons (Fsp3) is 0.842. The van der Waals surface area contributed by atoms with Gasteiger partial charge in [-0.3, -0.25) is 14.4 Å². The van der Waals surface area contributed by atoms with E-state index in [0.29, 0.717) is 19.7 Å². The van der Waals surface area contributed by atoms with Gasteiger partial charge < -0.3 is 14.5 Å². The first-order valence-electron chi connectivity index (χ1n) is 9.72. The van der Waals surface area contributed by atoms with Crippen LogP contribution in [0.2, 0.25) is 0 Å². The molecule has 0 N–H and O–H groups in total. The number of likely N-dealkylation sites (N-methyl/N-ethyl adjacent to an activating group) is 1. The maximum absolute atomic E-state index is 12.6. The second-order valence-electron chi connectivity index (χ2n) is 7.31. The van der Waals surface area contributed by atoms with Crippen molar-refractivity contribution in [1.82, 2.24) is 9.80 Å². The number of piperidine rings is 1. The Kier molecular flexibility index (Phi) is 7.72. The third-order valence-electron chi connectivity index (χ3n) is 5.35. The minimum atomic E-state index is -0.236. The van der Waals surface area contributed by atoms with E-state index in [4.69, 9.17) is 4.74 Å². The average molecular weight is 352 g/mol. The van der Waals surface area contributed by atoms with Gasteiger partial charge in [0.1, 0.15) is 0 Å². The summed E-state index contributed by atoms with van der Waals surface area (Å²) >= 11 is 0. The molecule has 1 heterocycles. The van der Waals surface area contributed by atoms with Gasteiger partial charge in [-0.2, -0.15) is 0 Å². The van der Waals surface area contributed by atoms with Crippen molar-refractivity contribution in [3.05, 3.63) is 0 Å². The predicted molar refractivity (Wildman–Crippen MR) is 94.8 cm³/mol. The van der Waals surface area contributed by atoms with E-state index in [0.717, 1.165) is 38.5 Å². The lowest BCUT2D eigenvalue weighted by molar-refractivity contribution is -0.152. The first kappa shape index (κ1) is 19.7. The van der Waals surface area contributed by atoms with Crippen molar-refractivity contribution in [2.45, 2.75) is 58.3 Å². The Morgan fingerprint density at radius 2 is 1.64 bits per heavy atom. The van der Waals surface area contributed by atoms with Crippen LogP contribution in [0.25, 0.3) is 0 Å². The highest BCUT2D eigenvalue weighted by molar-refractivity contribution is 5.86. The fourth-order valence-corrected chi connectivity index (χ4v) is 3.87. The van der Waals surface area contributed by atoms with Crippen molar-refractivity contribution in [2.75, 3.05) is 33.3 Å².